The molecule has 2 fully saturated rings. The fraction of sp³-hybridized carbons (Fsp3) is 0.846. The van der Waals surface area contributed by atoms with E-state index in [0.717, 1.165) is 30.1 Å². The largest absolute Gasteiger partial charge is 0.459 e. The molecule has 1 aliphatic heterocycles. The van der Waals surface area contributed by atoms with Crippen molar-refractivity contribution in [2.45, 2.75) is 117 Å². The van der Waals surface area contributed by atoms with Crippen molar-refractivity contribution < 1.29 is 33.0 Å². The van der Waals surface area contributed by atoms with Crippen molar-refractivity contribution in [1.82, 2.24) is 0 Å². The molecule has 1 saturated heterocycles. The molecule has 0 N–H and O–H groups in total. The number of methoxy groups -OCH3 is 1. The minimum atomic E-state index is -2.05. The monoisotopic (exact) mass is 496 g/mol. The van der Waals surface area contributed by atoms with E-state index in [1.54, 1.807) is 7.11 Å². The normalized spacial score (nSPS) is 38.3. The number of esters is 2. The Bertz CT molecular complexity index is 797. The molecule has 2 bridgehead atoms. The maximum atomic E-state index is 12.2. The number of ether oxygens (including phenoxy) is 4. The molecular formula is C26H44O7Si. The van der Waals surface area contributed by atoms with Crippen LogP contribution in [0.15, 0.2) is 11.6 Å². The van der Waals surface area contributed by atoms with Gasteiger partial charge in [-0.15, -0.1) is 0 Å². The van der Waals surface area contributed by atoms with Gasteiger partial charge in [0.2, 0.25) is 6.29 Å². The zero-order valence-corrected chi connectivity index (χ0v) is 23.4. The minimum Gasteiger partial charge on any atom is -0.459 e. The van der Waals surface area contributed by atoms with Crippen molar-refractivity contribution in [3.05, 3.63) is 11.6 Å². The van der Waals surface area contributed by atoms with Crippen LogP contribution in [0, 0.1) is 17.3 Å². The second-order valence-corrected chi connectivity index (χ2v) is 15.7. The van der Waals surface area contributed by atoms with Crippen LogP contribution in [-0.2, 0) is 33.0 Å². The molecule has 0 aromatic heterocycles. The first-order valence-electron chi connectivity index (χ1n) is 12.8. The summed E-state index contributed by atoms with van der Waals surface area (Å²) in [6.45, 7) is 15.8. The number of rotatable bonds is 8. The van der Waals surface area contributed by atoms with Crippen LogP contribution in [0.2, 0.25) is 18.1 Å². The Hall–Kier alpha value is -1.22. The number of carbonyl (C=O) groups is 2. The summed E-state index contributed by atoms with van der Waals surface area (Å²) in [7, 11) is -0.346. The lowest BCUT2D eigenvalue weighted by Gasteiger charge is -2.61. The summed E-state index contributed by atoms with van der Waals surface area (Å²) >= 11 is 0. The summed E-state index contributed by atoms with van der Waals surface area (Å²) in [5, 5.41) is 0. The SMILES string of the molecule is CC[Si](CC)(CC)O[C@H]1[C@@H]2[C@@H](OC(C)=O)O[C@]3([C@@H](OC(C)=O)C/C(C)=C/[C@@H]1OC)[C@H]2CC3(C)C. The maximum Gasteiger partial charge on any atom is 0.304 e. The fourth-order valence-electron chi connectivity index (χ4n) is 6.83. The first-order valence-corrected chi connectivity index (χ1v) is 15.3. The molecule has 2 aliphatic carbocycles. The molecule has 1 heterocycles. The van der Waals surface area contributed by atoms with Crippen molar-refractivity contribution >= 4 is 20.3 Å². The summed E-state index contributed by atoms with van der Waals surface area (Å²) in [4.78, 5) is 24.4. The Morgan fingerprint density at radius 2 is 1.68 bits per heavy atom. The van der Waals surface area contributed by atoms with Gasteiger partial charge in [0.25, 0.3) is 0 Å². The van der Waals surface area contributed by atoms with E-state index in [9.17, 15) is 9.59 Å². The molecule has 7 nitrogen and oxygen atoms in total. The standard InChI is InChI=1S/C26H44O7Si/c1-10-34(11-2,12-3)33-23-20(29-9)13-16(4)14-21(30-17(5)27)26-19(15-25(26,7)8)22(23)24(32-26)31-18(6)28/h13,19-24H,10-12,14-15H2,1-9H3/b16-13+/t19-,20-,21-,22+,23+,24-,26-/m0/s1. The molecule has 194 valence electrons. The lowest BCUT2D eigenvalue weighted by Crippen LogP contribution is -2.68. The van der Waals surface area contributed by atoms with Crippen molar-refractivity contribution in [2.24, 2.45) is 17.3 Å². The molecule has 8 heteroatoms. The summed E-state index contributed by atoms with van der Waals surface area (Å²) < 4.78 is 31.7. The zero-order chi connectivity index (χ0) is 25.5. The Balaban J connectivity index is 2.20. The van der Waals surface area contributed by atoms with E-state index >= 15 is 0 Å². The third-order valence-corrected chi connectivity index (χ3v) is 13.4. The second kappa shape index (κ2) is 10.0. The van der Waals surface area contributed by atoms with Crippen molar-refractivity contribution in [2.75, 3.05) is 7.11 Å². The lowest BCUT2D eigenvalue weighted by molar-refractivity contribution is -0.279. The van der Waals surface area contributed by atoms with Crippen LogP contribution in [0.4, 0.5) is 0 Å². The van der Waals surface area contributed by atoms with Crippen molar-refractivity contribution in [3.63, 3.8) is 0 Å². The second-order valence-electron chi connectivity index (χ2n) is 11.0. The van der Waals surface area contributed by atoms with Crippen LogP contribution in [0.3, 0.4) is 0 Å². The Morgan fingerprint density at radius 1 is 1.09 bits per heavy atom. The Morgan fingerprint density at radius 3 is 2.15 bits per heavy atom. The molecule has 0 aromatic rings. The van der Waals surface area contributed by atoms with E-state index in [0.29, 0.717) is 6.42 Å². The summed E-state index contributed by atoms with van der Waals surface area (Å²) in [5.41, 5.74) is 0.0363. The van der Waals surface area contributed by atoms with Gasteiger partial charge < -0.3 is 23.4 Å². The van der Waals surface area contributed by atoms with E-state index in [-0.39, 0.29) is 35.4 Å². The van der Waals surface area contributed by atoms with Crippen LogP contribution >= 0.6 is 0 Å². The van der Waals surface area contributed by atoms with Crippen molar-refractivity contribution in [3.8, 4) is 0 Å². The highest BCUT2D eigenvalue weighted by molar-refractivity contribution is 6.73. The topological polar surface area (TPSA) is 80.3 Å². The molecule has 3 rings (SSSR count). The van der Waals surface area contributed by atoms with Gasteiger partial charge in [0.1, 0.15) is 17.8 Å². The first-order chi connectivity index (χ1) is 15.9. The van der Waals surface area contributed by atoms with Gasteiger partial charge in [-0.05, 0) is 36.9 Å². The van der Waals surface area contributed by atoms with Crippen LogP contribution in [0.5, 0.6) is 0 Å². The number of hydrogen-bond donors (Lipinski definition) is 0. The fourth-order valence-corrected chi connectivity index (χ4v) is 9.70. The number of hydrogen-bond acceptors (Lipinski definition) is 7. The van der Waals surface area contributed by atoms with Crippen LogP contribution < -0.4 is 0 Å². The molecule has 0 unspecified atom stereocenters. The average molecular weight is 497 g/mol. The van der Waals surface area contributed by atoms with Gasteiger partial charge in [0, 0.05) is 33.3 Å². The van der Waals surface area contributed by atoms with E-state index in [1.165, 1.54) is 13.8 Å². The average Bonchev–Trinajstić information content (AvgIpc) is 3.03. The van der Waals surface area contributed by atoms with Crippen molar-refractivity contribution in [1.29, 1.82) is 0 Å². The molecular weight excluding hydrogens is 452 g/mol. The highest BCUT2D eigenvalue weighted by atomic mass is 28.4. The molecule has 7 atom stereocenters. The van der Waals surface area contributed by atoms with Gasteiger partial charge in [0.05, 0.1) is 12.0 Å². The molecule has 0 amide bonds. The van der Waals surface area contributed by atoms with Gasteiger partial charge in [0.15, 0.2) is 8.32 Å². The number of carbonyl (C=O) groups excluding carboxylic acids is 2. The molecule has 3 aliphatic rings. The maximum absolute atomic E-state index is 12.2. The highest BCUT2D eigenvalue weighted by Crippen LogP contribution is 2.68. The quantitative estimate of drug-likeness (QED) is 0.266. The van der Waals surface area contributed by atoms with E-state index in [4.69, 9.17) is 23.4 Å². The molecule has 1 saturated carbocycles. The first kappa shape index (κ1) is 27.4. The summed E-state index contributed by atoms with van der Waals surface area (Å²) in [6.07, 6.45) is 1.59. The molecule has 34 heavy (non-hydrogen) atoms. The summed E-state index contributed by atoms with van der Waals surface area (Å²) in [6, 6.07) is 3.00. The predicted molar refractivity (Wildman–Crippen MR) is 132 cm³/mol. The van der Waals surface area contributed by atoms with Crippen LogP contribution in [0.25, 0.3) is 0 Å². The van der Waals surface area contributed by atoms with E-state index in [2.05, 4.69) is 40.7 Å². The smallest absolute Gasteiger partial charge is 0.304 e. The summed E-state index contributed by atoms with van der Waals surface area (Å²) in [5.74, 6) is -0.946. The lowest BCUT2D eigenvalue weighted by atomic mass is 9.47. The van der Waals surface area contributed by atoms with Gasteiger partial charge in [-0.3, -0.25) is 9.59 Å². The minimum absolute atomic E-state index is 0.00965. The third-order valence-electron chi connectivity index (χ3n) is 8.75. The van der Waals surface area contributed by atoms with Crippen LogP contribution in [-0.4, -0.2) is 57.6 Å². The van der Waals surface area contributed by atoms with E-state index in [1.807, 2.05) is 6.92 Å². The third kappa shape index (κ3) is 4.51. The molecule has 0 spiro atoms. The highest BCUT2D eigenvalue weighted by Gasteiger charge is 2.76. The van der Waals surface area contributed by atoms with Crippen LogP contribution in [0.1, 0.15) is 68.2 Å². The van der Waals surface area contributed by atoms with Gasteiger partial charge in [-0.1, -0.05) is 46.3 Å². The Labute approximate surface area is 206 Å². The van der Waals surface area contributed by atoms with Gasteiger partial charge in [-0.25, -0.2) is 0 Å². The van der Waals surface area contributed by atoms with E-state index < -0.39 is 32.3 Å². The zero-order valence-electron chi connectivity index (χ0n) is 22.4. The molecule has 0 radical (unpaired) electrons. The Kier molecular flexibility index (Phi) is 8.07. The molecule has 0 aromatic carbocycles. The van der Waals surface area contributed by atoms with Gasteiger partial charge >= 0.3 is 11.9 Å². The predicted octanol–water partition coefficient (Wildman–Crippen LogP) is 4.99. The van der Waals surface area contributed by atoms with Gasteiger partial charge in [-0.2, -0.15) is 0 Å².